The fraction of sp³-hybridized carbons (Fsp3) is 0.533. The van der Waals surface area contributed by atoms with E-state index in [0.29, 0.717) is 5.56 Å². The monoisotopic (exact) mass is 346 g/mol. The molecular formula is C15H23ClN2O3S. The summed E-state index contributed by atoms with van der Waals surface area (Å²) in [6.45, 7) is 5.07. The maximum absolute atomic E-state index is 12.1. The van der Waals surface area contributed by atoms with Crippen LogP contribution in [0.4, 0.5) is 0 Å². The molecule has 1 atom stereocenters. The largest absolute Gasteiger partial charge is 0.348 e. The first-order valence-electron chi connectivity index (χ1n) is 7.27. The van der Waals surface area contributed by atoms with Gasteiger partial charge in [-0.2, -0.15) is 0 Å². The summed E-state index contributed by atoms with van der Waals surface area (Å²) < 4.78 is 24.0. The normalized spacial score (nSPS) is 18.6. The Bertz CT molecular complexity index is 594. The number of amides is 1. The Labute approximate surface area is 138 Å². The van der Waals surface area contributed by atoms with E-state index in [4.69, 9.17) is 0 Å². The standard InChI is InChI=1S/C15H22N2O3S.ClH/c1-11(2)21(19,20)14-7-5-12(6-8-14)15(18)17-13-4-3-9-16-10-13;/h5-8,11,13,16H,3-4,9-10H2,1-2H3,(H,17,18);1H/t13-;/m0./s1. The molecule has 2 N–H and O–H groups in total. The summed E-state index contributed by atoms with van der Waals surface area (Å²) in [5.41, 5.74) is 0.489. The minimum absolute atomic E-state index is 0. The van der Waals surface area contributed by atoms with Crippen LogP contribution in [0.1, 0.15) is 37.0 Å². The highest BCUT2D eigenvalue weighted by Crippen LogP contribution is 2.16. The number of carbonyl (C=O) groups is 1. The Morgan fingerprint density at radius 1 is 1.27 bits per heavy atom. The van der Waals surface area contributed by atoms with Gasteiger partial charge in [0.05, 0.1) is 10.1 Å². The van der Waals surface area contributed by atoms with Crippen molar-refractivity contribution in [2.45, 2.75) is 42.9 Å². The van der Waals surface area contributed by atoms with Crippen LogP contribution in [0.15, 0.2) is 29.2 Å². The maximum atomic E-state index is 12.1. The van der Waals surface area contributed by atoms with Crippen LogP contribution in [0.25, 0.3) is 0 Å². The predicted molar refractivity (Wildman–Crippen MR) is 89.4 cm³/mol. The third-order valence-corrected chi connectivity index (χ3v) is 5.87. The number of piperidine rings is 1. The van der Waals surface area contributed by atoms with Crippen molar-refractivity contribution in [3.05, 3.63) is 29.8 Å². The van der Waals surface area contributed by atoms with Gasteiger partial charge < -0.3 is 10.6 Å². The Hall–Kier alpha value is -1.11. The van der Waals surface area contributed by atoms with Crippen LogP contribution in [0.2, 0.25) is 0 Å². The van der Waals surface area contributed by atoms with Gasteiger partial charge in [-0.25, -0.2) is 8.42 Å². The van der Waals surface area contributed by atoms with E-state index < -0.39 is 15.1 Å². The van der Waals surface area contributed by atoms with Gasteiger partial charge in [-0.05, 0) is 57.5 Å². The molecule has 1 heterocycles. The van der Waals surface area contributed by atoms with Gasteiger partial charge in [-0.1, -0.05) is 0 Å². The highest BCUT2D eigenvalue weighted by Gasteiger charge is 2.20. The van der Waals surface area contributed by atoms with Crippen molar-refractivity contribution in [3.8, 4) is 0 Å². The van der Waals surface area contributed by atoms with Gasteiger partial charge in [0.2, 0.25) is 0 Å². The van der Waals surface area contributed by atoms with Crippen LogP contribution < -0.4 is 10.6 Å². The summed E-state index contributed by atoms with van der Waals surface area (Å²) in [5, 5.41) is 5.74. The third-order valence-electron chi connectivity index (χ3n) is 3.70. The number of rotatable bonds is 4. The molecule has 0 radical (unpaired) electrons. The quantitative estimate of drug-likeness (QED) is 0.871. The first-order valence-corrected chi connectivity index (χ1v) is 8.81. The predicted octanol–water partition coefficient (Wildman–Crippen LogP) is 1.77. The van der Waals surface area contributed by atoms with Crippen LogP contribution >= 0.6 is 12.4 Å². The SMILES string of the molecule is CC(C)S(=O)(=O)c1ccc(C(=O)N[C@H]2CCCNC2)cc1.Cl. The number of halogens is 1. The van der Waals surface area contributed by atoms with Gasteiger partial charge in [0.25, 0.3) is 5.91 Å². The smallest absolute Gasteiger partial charge is 0.251 e. The number of nitrogens with one attached hydrogen (secondary N) is 2. The molecule has 1 amide bonds. The number of hydrogen-bond donors (Lipinski definition) is 2. The zero-order chi connectivity index (χ0) is 15.5. The second-order valence-corrected chi connectivity index (χ2v) is 8.14. The van der Waals surface area contributed by atoms with Crippen molar-refractivity contribution >= 4 is 28.2 Å². The highest BCUT2D eigenvalue weighted by atomic mass is 35.5. The summed E-state index contributed by atoms with van der Waals surface area (Å²) >= 11 is 0. The Morgan fingerprint density at radius 2 is 1.91 bits per heavy atom. The zero-order valence-corrected chi connectivity index (χ0v) is 14.5. The molecule has 5 nitrogen and oxygen atoms in total. The topological polar surface area (TPSA) is 75.3 Å². The summed E-state index contributed by atoms with van der Waals surface area (Å²) in [5.74, 6) is -0.155. The van der Waals surface area contributed by atoms with Crippen LogP contribution in [0, 0.1) is 0 Å². The summed E-state index contributed by atoms with van der Waals surface area (Å²) in [6.07, 6.45) is 2.02. The number of benzene rings is 1. The lowest BCUT2D eigenvalue weighted by atomic mass is 10.1. The number of sulfone groups is 1. The molecule has 0 spiro atoms. The van der Waals surface area contributed by atoms with Gasteiger partial charge in [0.1, 0.15) is 0 Å². The summed E-state index contributed by atoms with van der Waals surface area (Å²) in [6, 6.07) is 6.29. The second-order valence-electron chi connectivity index (χ2n) is 5.63. The summed E-state index contributed by atoms with van der Waals surface area (Å²) in [4.78, 5) is 12.4. The fourth-order valence-electron chi connectivity index (χ4n) is 2.31. The van der Waals surface area contributed by atoms with Crippen LogP contribution in [-0.2, 0) is 9.84 Å². The van der Waals surface area contributed by atoms with Crippen molar-refractivity contribution in [1.82, 2.24) is 10.6 Å². The minimum atomic E-state index is -3.29. The number of carbonyl (C=O) groups excluding carboxylic acids is 1. The first-order chi connectivity index (χ1) is 9.91. The van der Waals surface area contributed by atoms with Crippen LogP contribution in [0.5, 0.6) is 0 Å². The van der Waals surface area contributed by atoms with Crippen molar-refractivity contribution < 1.29 is 13.2 Å². The molecule has 1 aromatic rings. The molecule has 1 fully saturated rings. The van der Waals surface area contributed by atoms with E-state index in [-0.39, 0.29) is 29.3 Å². The van der Waals surface area contributed by atoms with E-state index in [9.17, 15) is 13.2 Å². The Kier molecular flexibility index (Phi) is 6.84. The van der Waals surface area contributed by atoms with Gasteiger partial charge in [0, 0.05) is 18.2 Å². The van der Waals surface area contributed by atoms with E-state index in [1.807, 2.05) is 0 Å². The molecule has 1 aliphatic rings. The molecular weight excluding hydrogens is 324 g/mol. The van der Waals surface area contributed by atoms with E-state index in [0.717, 1.165) is 25.9 Å². The number of hydrogen-bond acceptors (Lipinski definition) is 4. The zero-order valence-electron chi connectivity index (χ0n) is 12.8. The molecule has 1 aromatic carbocycles. The molecule has 1 aliphatic heterocycles. The first kappa shape index (κ1) is 18.9. The molecule has 22 heavy (non-hydrogen) atoms. The highest BCUT2D eigenvalue weighted by molar-refractivity contribution is 7.92. The minimum Gasteiger partial charge on any atom is -0.348 e. The van der Waals surface area contributed by atoms with Gasteiger partial charge >= 0.3 is 0 Å². The molecule has 0 saturated carbocycles. The van der Waals surface area contributed by atoms with E-state index in [2.05, 4.69) is 10.6 Å². The van der Waals surface area contributed by atoms with Crippen molar-refractivity contribution in [2.24, 2.45) is 0 Å². The van der Waals surface area contributed by atoms with Crippen molar-refractivity contribution in [2.75, 3.05) is 13.1 Å². The van der Waals surface area contributed by atoms with Crippen LogP contribution in [0.3, 0.4) is 0 Å². The van der Waals surface area contributed by atoms with Crippen LogP contribution in [-0.4, -0.2) is 38.7 Å². The lowest BCUT2D eigenvalue weighted by Crippen LogP contribution is -2.45. The van der Waals surface area contributed by atoms with Gasteiger partial charge in [-0.15, -0.1) is 12.4 Å². The average molecular weight is 347 g/mol. The van der Waals surface area contributed by atoms with E-state index >= 15 is 0 Å². The van der Waals surface area contributed by atoms with Gasteiger partial charge in [-0.3, -0.25) is 4.79 Å². The summed E-state index contributed by atoms with van der Waals surface area (Å²) in [7, 11) is -3.29. The van der Waals surface area contributed by atoms with E-state index in [1.165, 1.54) is 12.1 Å². The molecule has 124 valence electrons. The maximum Gasteiger partial charge on any atom is 0.251 e. The van der Waals surface area contributed by atoms with Gasteiger partial charge in [0.15, 0.2) is 9.84 Å². The lowest BCUT2D eigenvalue weighted by molar-refractivity contribution is 0.0930. The molecule has 7 heteroatoms. The molecule has 1 saturated heterocycles. The van der Waals surface area contributed by atoms with Crippen molar-refractivity contribution in [1.29, 1.82) is 0 Å². The molecule has 2 rings (SSSR count). The molecule has 0 aromatic heterocycles. The molecule has 0 bridgehead atoms. The Balaban J connectivity index is 0.00000242. The fourth-order valence-corrected chi connectivity index (χ4v) is 3.37. The second kappa shape index (κ2) is 7.94. The third kappa shape index (κ3) is 4.44. The van der Waals surface area contributed by atoms with Crippen molar-refractivity contribution in [3.63, 3.8) is 0 Å². The average Bonchev–Trinajstić information content (AvgIpc) is 2.48. The lowest BCUT2D eigenvalue weighted by Gasteiger charge is -2.23. The molecule has 0 unspecified atom stereocenters. The van der Waals surface area contributed by atoms with E-state index in [1.54, 1.807) is 26.0 Å². The molecule has 0 aliphatic carbocycles. The Morgan fingerprint density at radius 3 is 2.41 bits per heavy atom.